The maximum absolute atomic E-state index is 2.38. The molecule has 0 aromatic heterocycles. The molecule has 0 unspecified atom stereocenters. The van der Waals surface area contributed by atoms with Crippen molar-refractivity contribution in [3.8, 4) is 0 Å². The van der Waals surface area contributed by atoms with E-state index in [1.54, 1.807) is 0 Å². The smallest absolute Gasteiger partial charge is 0.0239 e. The zero-order valence-electron chi connectivity index (χ0n) is 8.43. The molecule has 0 aromatic carbocycles. The molecule has 0 bridgehead atoms. The molecule has 0 saturated heterocycles. The first-order valence-electron chi connectivity index (χ1n) is 4.87. The van der Waals surface area contributed by atoms with Crippen molar-refractivity contribution < 1.29 is 0 Å². The number of hydrogen-bond donors (Lipinski definition) is 0. The summed E-state index contributed by atoms with van der Waals surface area (Å²) in [4.78, 5) is 0. The third-order valence-corrected chi connectivity index (χ3v) is 2.06. The van der Waals surface area contributed by atoms with Gasteiger partial charge < -0.3 is 0 Å². The fourth-order valence-electron chi connectivity index (χ4n) is 1.10. The lowest BCUT2D eigenvalue weighted by atomic mass is 10.0. The molecule has 0 aliphatic heterocycles. The molecule has 0 amide bonds. The highest BCUT2D eigenvalue weighted by Gasteiger charge is 1.96. The van der Waals surface area contributed by atoms with Crippen LogP contribution in [-0.2, 0) is 0 Å². The van der Waals surface area contributed by atoms with E-state index in [1.807, 2.05) is 0 Å². The Morgan fingerprint density at radius 1 is 1.09 bits per heavy atom. The molecule has 0 atom stereocenters. The fraction of sp³-hybridized carbons (Fsp3) is 0.818. The minimum absolute atomic E-state index is 0.806. The summed E-state index contributed by atoms with van der Waals surface area (Å²) >= 11 is 0. The van der Waals surface area contributed by atoms with E-state index in [4.69, 9.17) is 0 Å². The Kier molecular flexibility index (Phi) is 6.30. The van der Waals surface area contributed by atoms with Gasteiger partial charge in [-0.2, -0.15) is 0 Å². The monoisotopic (exact) mass is 154 g/mol. The van der Waals surface area contributed by atoms with E-state index >= 15 is 0 Å². The van der Waals surface area contributed by atoms with Crippen LogP contribution < -0.4 is 0 Å². The predicted molar refractivity (Wildman–Crippen MR) is 52.7 cm³/mol. The summed E-state index contributed by atoms with van der Waals surface area (Å²) in [6, 6.07) is 0. The van der Waals surface area contributed by atoms with Gasteiger partial charge in [0.2, 0.25) is 0 Å². The molecular weight excluding hydrogens is 132 g/mol. The highest BCUT2D eigenvalue weighted by Crippen LogP contribution is 2.10. The van der Waals surface area contributed by atoms with E-state index in [0.717, 1.165) is 11.8 Å². The van der Waals surface area contributed by atoms with Crippen LogP contribution in [0.3, 0.4) is 0 Å². The van der Waals surface area contributed by atoms with Crippen molar-refractivity contribution in [1.29, 1.82) is 0 Å². The molecule has 0 nitrogen and oxygen atoms in total. The normalized spacial score (nSPS) is 12.2. The maximum atomic E-state index is 2.38. The van der Waals surface area contributed by atoms with Crippen LogP contribution in [0.1, 0.15) is 47.0 Å². The largest absolute Gasteiger partial charge is 0.0880 e. The van der Waals surface area contributed by atoms with E-state index in [2.05, 4.69) is 39.8 Å². The first kappa shape index (κ1) is 10.7. The van der Waals surface area contributed by atoms with Gasteiger partial charge in [0.1, 0.15) is 0 Å². The van der Waals surface area contributed by atoms with E-state index in [1.165, 1.54) is 19.3 Å². The van der Waals surface area contributed by atoms with Gasteiger partial charge in [-0.3, -0.25) is 0 Å². The van der Waals surface area contributed by atoms with Gasteiger partial charge in [0.05, 0.1) is 0 Å². The number of hydrogen-bond acceptors (Lipinski definition) is 0. The highest BCUT2D eigenvalue weighted by molar-refractivity contribution is 4.87. The van der Waals surface area contributed by atoms with Crippen LogP contribution in [0, 0.1) is 11.8 Å². The summed E-state index contributed by atoms with van der Waals surface area (Å²) in [7, 11) is 0. The standard InChI is InChI=1S/C11H22/c1-5-11(6-2)9-7-8-10(3)4/h7,9-11H,5-6,8H2,1-4H3. The average Bonchev–Trinajstić information content (AvgIpc) is 1.98. The van der Waals surface area contributed by atoms with Crippen molar-refractivity contribution in [2.24, 2.45) is 11.8 Å². The third-order valence-electron chi connectivity index (χ3n) is 2.06. The Labute approximate surface area is 71.7 Å². The van der Waals surface area contributed by atoms with E-state index in [0.29, 0.717) is 0 Å². The van der Waals surface area contributed by atoms with Crippen LogP contribution in [0.4, 0.5) is 0 Å². The van der Waals surface area contributed by atoms with Crippen molar-refractivity contribution in [3.63, 3.8) is 0 Å². The lowest BCUT2D eigenvalue weighted by Gasteiger charge is -2.05. The minimum Gasteiger partial charge on any atom is -0.0880 e. The Bertz CT molecular complexity index is 96.6. The summed E-state index contributed by atoms with van der Waals surface area (Å²) in [6.45, 7) is 9.04. The van der Waals surface area contributed by atoms with Gasteiger partial charge in [0.25, 0.3) is 0 Å². The van der Waals surface area contributed by atoms with Crippen molar-refractivity contribution in [2.75, 3.05) is 0 Å². The van der Waals surface area contributed by atoms with Crippen LogP contribution in [0.25, 0.3) is 0 Å². The molecule has 0 N–H and O–H groups in total. The lowest BCUT2D eigenvalue weighted by Crippen LogP contribution is -1.91. The molecule has 0 rings (SSSR count). The molecule has 0 aromatic rings. The van der Waals surface area contributed by atoms with Gasteiger partial charge in [-0.1, -0.05) is 39.8 Å². The van der Waals surface area contributed by atoms with Gasteiger partial charge in [0.15, 0.2) is 0 Å². The van der Waals surface area contributed by atoms with Gasteiger partial charge in [0, 0.05) is 0 Å². The summed E-state index contributed by atoms with van der Waals surface area (Å²) in [5.74, 6) is 1.62. The zero-order chi connectivity index (χ0) is 8.69. The Hall–Kier alpha value is -0.260. The second-order valence-electron chi connectivity index (χ2n) is 3.63. The van der Waals surface area contributed by atoms with Crippen LogP contribution in [0.5, 0.6) is 0 Å². The number of rotatable bonds is 5. The molecule has 0 spiro atoms. The molecule has 11 heavy (non-hydrogen) atoms. The van der Waals surface area contributed by atoms with Crippen molar-refractivity contribution in [3.05, 3.63) is 12.2 Å². The summed E-state index contributed by atoms with van der Waals surface area (Å²) in [5, 5.41) is 0. The lowest BCUT2D eigenvalue weighted by molar-refractivity contribution is 0.596. The SMILES string of the molecule is CCC(C=CCC(C)C)CC. The molecule has 0 aliphatic rings. The van der Waals surface area contributed by atoms with E-state index < -0.39 is 0 Å². The third kappa shape index (κ3) is 6.15. The van der Waals surface area contributed by atoms with Crippen LogP contribution in [-0.4, -0.2) is 0 Å². The Balaban J connectivity index is 3.53. The molecule has 66 valence electrons. The van der Waals surface area contributed by atoms with Gasteiger partial charge >= 0.3 is 0 Å². The van der Waals surface area contributed by atoms with Gasteiger partial charge in [-0.05, 0) is 31.1 Å². The Morgan fingerprint density at radius 3 is 2.00 bits per heavy atom. The number of allylic oxidation sites excluding steroid dienone is 2. The molecule has 0 fully saturated rings. The summed E-state index contributed by atoms with van der Waals surface area (Å²) in [5.41, 5.74) is 0. The molecule has 0 radical (unpaired) electrons. The first-order valence-corrected chi connectivity index (χ1v) is 4.87. The molecule has 0 heteroatoms. The topological polar surface area (TPSA) is 0 Å². The average molecular weight is 154 g/mol. The molecular formula is C11H22. The minimum atomic E-state index is 0.806. The molecule has 0 aliphatic carbocycles. The predicted octanol–water partition coefficient (Wildman–Crippen LogP) is 4.02. The van der Waals surface area contributed by atoms with E-state index in [9.17, 15) is 0 Å². The summed E-state index contributed by atoms with van der Waals surface area (Å²) in [6.07, 6.45) is 8.51. The first-order chi connectivity index (χ1) is 5.20. The Morgan fingerprint density at radius 2 is 1.64 bits per heavy atom. The zero-order valence-corrected chi connectivity index (χ0v) is 8.43. The van der Waals surface area contributed by atoms with Crippen molar-refractivity contribution >= 4 is 0 Å². The maximum Gasteiger partial charge on any atom is -0.0239 e. The van der Waals surface area contributed by atoms with Crippen LogP contribution >= 0.6 is 0 Å². The van der Waals surface area contributed by atoms with E-state index in [-0.39, 0.29) is 0 Å². The van der Waals surface area contributed by atoms with Gasteiger partial charge in [-0.15, -0.1) is 0 Å². The van der Waals surface area contributed by atoms with Crippen LogP contribution in [0.15, 0.2) is 12.2 Å². The fourth-order valence-corrected chi connectivity index (χ4v) is 1.10. The van der Waals surface area contributed by atoms with Gasteiger partial charge in [-0.25, -0.2) is 0 Å². The molecule has 0 saturated carbocycles. The molecule has 0 heterocycles. The quantitative estimate of drug-likeness (QED) is 0.524. The highest BCUT2D eigenvalue weighted by atomic mass is 14.0. The van der Waals surface area contributed by atoms with Crippen molar-refractivity contribution in [1.82, 2.24) is 0 Å². The van der Waals surface area contributed by atoms with Crippen molar-refractivity contribution in [2.45, 2.75) is 47.0 Å². The van der Waals surface area contributed by atoms with Crippen LogP contribution in [0.2, 0.25) is 0 Å². The summed E-state index contributed by atoms with van der Waals surface area (Å²) < 4.78 is 0. The second kappa shape index (κ2) is 6.45. The second-order valence-corrected chi connectivity index (χ2v) is 3.63.